The molecule has 1 N–H and O–H groups in total. The molecule has 2 heterocycles. The summed E-state index contributed by atoms with van der Waals surface area (Å²) in [6.07, 6.45) is 1.51. The zero-order valence-corrected chi connectivity index (χ0v) is 14.6. The third kappa shape index (κ3) is 3.24. The molecule has 0 spiro atoms. The number of carbonyl (C=O) groups is 1. The monoisotopic (exact) mass is 372 g/mol. The van der Waals surface area contributed by atoms with E-state index in [1.165, 1.54) is 28.7 Å². The Morgan fingerprint density at radius 1 is 1.12 bits per heavy atom. The lowest BCUT2D eigenvalue weighted by Gasteiger charge is -2.35. The maximum atomic E-state index is 12.8. The van der Waals surface area contributed by atoms with E-state index in [2.05, 4.69) is 4.98 Å². The molecule has 9 heteroatoms. The fourth-order valence-electron chi connectivity index (χ4n) is 2.88. The molecule has 26 heavy (non-hydrogen) atoms. The second kappa shape index (κ2) is 7.11. The van der Waals surface area contributed by atoms with E-state index in [4.69, 9.17) is 5.26 Å². The van der Waals surface area contributed by atoms with Crippen molar-refractivity contribution in [1.29, 1.82) is 5.26 Å². The van der Waals surface area contributed by atoms with E-state index in [1.807, 2.05) is 6.07 Å². The molecule has 0 saturated carbocycles. The number of carboxylic acid groups (broad SMARTS) is 1. The molecule has 0 unspecified atom stereocenters. The summed E-state index contributed by atoms with van der Waals surface area (Å²) < 4.78 is 27.0. The largest absolute Gasteiger partial charge is 0.478 e. The highest BCUT2D eigenvalue weighted by atomic mass is 32.2. The summed E-state index contributed by atoms with van der Waals surface area (Å²) >= 11 is 0. The van der Waals surface area contributed by atoms with E-state index in [1.54, 1.807) is 23.1 Å². The van der Waals surface area contributed by atoms with Gasteiger partial charge >= 0.3 is 5.97 Å². The number of hydrogen-bond acceptors (Lipinski definition) is 6. The summed E-state index contributed by atoms with van der Waals surface area (Å²) in [5.74, 6) is -0.749. The molecule has 1 aliphatic heterocycles. The van der Waals surface area contributed by atoms with Crippen LogP contribution < -0.4 is 4.90 Å². The Morgan fingerprint density at radius 3 is 2.46 bits per heavy atom. The first-order valence-electron chi connectivity index (χ1n) is 7.87. The van der Waals surface area contributed by atoms with Gasteiger partial charge in [-0.25, -0.2) is 18.2 Å². The summed E-state index contributed by atoms with van der Waals surface area (Å²) in [7, 11) is -3.79. The number of aromatic nitrogens is 1. The van der Waals surface area contributed by atoms with E-state index < -0.39 is 16.0 Å². The van der Waals surface area contributed by atoms with Gasteiger partial charge in [-0.3, -0.25) is 0 Å². The third-order valence-corrected chi connectivity index (χ3v) is 6.14. The van der Waals surface area contributed by atoms with Gasteiger partial charge in [-0.1, -0.05) is 12.1 Å². The Labute approximate surface area is 151 Å². The van der Waals surface area contributed by atoms with Gasteiger partial charge in [-0.15, -0.1) is 0 Å². The van der Waals surface area contributed by atoms with Crippen molar-refractivity contribution in [3.63, 3.8) is 0 Å². The first-order chi connectivity index (χ1) is 12.4. The van der Waals surface area contributed by atoms with E-state index in [9.17, 15) is 18.3 Å². The number of aromatic carboxylic acids is 1. The smallest absolute Gasteiger partial charge is 0.339 e. The molecule has 1 aromatic carbocycles. The van der Waals surface area contributed by atoms with Crippen LogP contribution in [0.4, 0.5) is 5.82 Å². The van der Waals surface area contributed by atoms with Crippen molar-refractivity contribution in [2.45, 2.75) is 4.90 Å². The normalized spacial score (nSPS) is 15.4. The molecule has 0 atom stereocenters. The number of pyridine rings is 1. The van der Waals surface area contributed by atoms with Crippen LogP contribution in [0.25, 0.3) is 0 Å². The SMILES string of the molecule is N#Cc1ccccc1S(=O)(=O)N1CCN(c2ncccc2C(=O)O)CC1. The van der Waals surface area contributed by atoms with Gasteiger partial charge < -0.3 is 10.0 Å². The van der Waals surface area contributed by atoms with Gasteiger partial charge in [0.25, 0.3) is 0 Å². The lowest BCUT2D eigenvalue weighted by Crippen LogP contribution is -2.49. The van der Waals surface area contributed by atoms with Crippen LogP contribution in [0.3, 0.4) is 0 Å². The first kappa shape index (κ1) is 17.8. The maximum Gasteiger partial charge on any atom is 0.339 e. The number of rotatable bonds is 4. The van der Waals surface area contributed by atoms with Crippen molar-refractivity contribution in [2.75, 3.05) is 31.1 Å². The van der Waals surface area contributed by atoms with Gasteiger partial charge in [0, 0.05) is 32.4 Å². The van der Waals surface area contributed by atoms with Gasteiger partial charge in [0.05, 0.1) is 10.5 Å². The first-order valence-corrected chi connectivity index (χ1v) is 9.31. The Balaban J connectivity index is 1.81. The molecular weight excluding hydrogens is 356 g/mol. The van der Waals surface area contributed by atoms with Crippen LogP contribution in [0.1, 0.15) is 15.9 Å². The van der Waals surface area contributed by atoms with E-state index >= 15 is 0 Å². The van der Waals surface area contributed by atoms with E-state index in [-0.39, 0.29) is 29.1 Å². The molecule has 1 fully saturated rings. The van der Waals surface area contributed by atoms with Crippen LogP contribution in [0.2, 0.25) is 0 Å². The van der Waals surface area contributed by atoms with Crippen LogP contribution in [0.15, 0.2) is 47.5 Å². The topological polar surface area (TPSA) is 115 Å². The molecule has 2 aromatic rings. The number of nitriles is 1. The Kier molecular flexibility index (Phi) is 4.88. The average Bonchev–Trinajstić information content (AvgIpc) is 2.68. The standard InChI is InChI=1S/C17H16N4O4S/c18-12-13-4-1-2-6-15(13)26(24,25)21-10-8-20(9-11-21)16-14(17(22)23)5-3-7-19-16/h1-7H,8-11H2,(H,22,23). The van der Waals surface area contributed by atoms with Crippen LogP contribution in [-0.4, -0.2) is 55.0 Å². The molecule has 0 bridgehead atoms. The Hall–Kier alpha value is -2.96. The Bertz CT molecular complexity index is 976. The van der Waals surface area contributed by atoms with E-state index in [0.717, 1.165) is 0 Å². The van der Waals surface area contributed by atoms with Crippen LogP contribution in [-0.2, 0) is 10.0 Å². The minimum atomic E-state index is -3.79. The highest BCUT2D eigenvalue weighted by molar-refractivity contribution is 7.89. The summed E-state index contributed by atoms with van der Waals surface area (Å²) in [6.45, 7) is 0.978. The number of hydrogen-bond donors (Lipinski definition) is 1. The van der Waals surface area contributed by atoms with Gasteiger partial charge in [0.15, 0.2) is 0 Å². The zero-order valence-electron chi connectivity index (χ0n) is 13.7. The zero-order chi connectivity index (χ0) is 18.7. The molecule has 1 aromatic heterocycles. The van der Waals surface area contributed by atoms with Crippen molar-refractivity contribution in [2.24, 2.45) is 0 Å². The number of sulfonamides is 1. The second-order valence-corrected chi connectivity index (χ2v) is 7.59. The predicted molar refractivity (Wildman–Crippen MR) is 93.3 cm³/mol. The van der Waals surface area contributed by atoms with Crippen molar-refractivity contribution in [3.8, 4) is 6.07 Å². The van der Waals surface area contributed by atoms with Crippen molar-refractivity contribution in [3.05, 3.63) is 53.7 Å². The number of benzene rings is 1. The summed E-state index contributed by atoms with van der Waals surface area (Å²) in [5, 5.41) is 18.4. The molecule has 1 aliphatic rings. The van der Waals surface area contributed by atoms with Crippen LogP contribution >= 0.6 is 0 Å². The minimum Gasteiger partial charge on any atom is -0.478 e. The van der Waals surface area contributed by atoms with Crippen LogP contribution in [0.5, 0.6) is 0 Å². The van der Waals surface area contributed by atoms with Gasteiger partial charge in [-0.05, 0) is 24.3 Å². The van der Waals surface area contributed by atoms with Gasteiger partial charge in [-0.2, -0.15) is 9.57 Å². The molecule has 0 aliphatic carbocycles. The maximum absolute atomic E-state index is 12.8. The van der Waals surface area contributed by atoms with Gasteiger partial charge in [0.1, 0.15) is 17.5 Å². The lowest BCUT2D eigenvalue weighted by atomic mass is 10.2. The number of piperazine rings is 1. The molecule has 1 saturated heterocycles. The summed E-state index contributed by atoms with van der Waals surface area (Å²) in [5.41, 5.74) is 0.187. The van der Waals surface area contributed by atoms with Crippen LogP contribution in [0, 0.1) is 11.3 Å². The predicted octanol–water partition coefficient (Wildman–Crippen LogP) is 1.16. The average molecular weight is 372 g/mol. The minimum absolute atomic E-state index is 0.0139. The highest BCUT2D eigenvalue weighted by Gasteiger charge is 2.31. The molecule has 8 nitrogen and oxygen atoms in total. The van der Waals surface area contributed by atoms with Crippen molar-refractivity contribution in [1.82, 2.24) is 9.29 Å². The molecule has 3 rings (SSSR count). The fraction of sp³-hybridized carbons (Fsp3) is 0.235. The highest BCUT2D eigenvalue weighted by Crippen LogP contribution is 2.24. The molecule has 0 amide bonds. The van der Waals surface area contributed by atoms with E-state index in [0.29, 0.717) is 18.9 Å². The number of nitrogens with zero attached hydrogens (tertiary/aromatic N) is 4. The lowest BCUT2D eigenvalue weighted by molar-refractivity contribution is 0.0697. The quantitative estimate of drug-likeness (QED) is 0.856. The molecule has 134 valence electrons. The van der Waals surface area contributed by atoms with Crippen molar-refractivity contribution < 1.29 is 18.3 Å². The van der Waals surface area contributed by atoms with Gasteiger partial charge in [0.2, 0.25) is 10.0 Å². The third-order valence-electron chi connectivity index (χ3n) is 4.18. The molecular formula is C17H16N4O4S. The Morgan fingerprint density at radius 2 is 1.81 bits per heavy atom. The summed E-state index contributed by atoms with van der Waals surface area (Å²) in [6, 6.07) is 11.0. The second-order valence-electron chi connectivity index (χ2n) is 5.68. The number of carboxylic acids is 1. The number of anilines is 1. The fourth-order valence-corrected chi connectivity index (χ4v) is 4.44. The molecule has 0 radical (unpaired) electrons. The van der Waals surface area contributed by atoms with Crippen molar-refractivity contribution >= 4 is 21.8 Å². The summed E-state index contributed by atoms with van der Waals surface area (Å²) in [4.78, 5) is 17.2.